The van der Waals surface area contributed by atoms with Crippen LogP contribution in [-0.2, 0) is 0 Å². The van der Waals surface area contributed by atoms with Crippen molar-refractivity contribution in [3.05, 3.63) is 76.4 Å². The van der Waals surface area contributed by atoms with Gasteiger partial charge in [-0.1, -0.05) is 35.3 Å². The van der Waals surface area contributed by atoms with Crippen LogP contribution < -0.4 is 5.32 Å². The minimum Gasteiger partial charge on any atom is -0.344 e. The lowest BCUT2D eigenvalue weighted by Crippen LogP contribution is -2.27. The van der Waals surface area contributed by atoms with Crippen molar-refractivity contribution >= 4 is 29.1 Å². The van der Waals surface area contributed by atoms with Gasteiger partial charge in [-0.2, -0.15) is 0 Å². The van der Waals surface area contributed by atoms with Crippen LogP contribution in [0.5, 0.6) is 0 Å². The number of nitrogens with zero attached hydrogens (tertiary/aromatic N) is 3. The third-order valence-electron chi connectivity index (χ3n) is 3.65. The number of carbonyl (C=O) groups is 1. The van der Waals surface area contributed by atoms with E-state index >= 15 is 0 Å². The highest BCUT2D eigenvalue weighted by atomic mass is 35.5. The normalized spacial score (nSPS) is 11.8. The lowest BCUT2D eigenvalue weighted by atomic mass is 10.1. The summed E-state index contributed by atoms with van der Waals surface area (Å²) in [6.07, 6.45) is 4.75. The molecule has 2 heterocycles. The average molecular weight is 373 g/mol. The quantitative estimate of drug-likeness (QED) is 0.739. The predicted molar refractivity (Wildman–Crippen MR) is 97.6 cm³/mol. The van der Waals surface area contributed by atoms with E-state index in [0.29, 0.717) is 15.7 Å². The van der Waals surface area contributed by atoms with Crippen LogP contribution in [0.15, 0.2) is 55.1 Å². The van der Waals surface area contributed by atoms with Gasteiger partial charge in [0, 0.05) is 18.0 Å². The molecular weight excluding hydrogens is 359 g/mol. The van der Waals surface area contributed by atoms with Crippen LogP contribution >= 0.6 is 23.2 Å². The summed E-state index contributed by atoms with van der Waals surface area (Å²) in [6.45, 7) is 1.88. The second-order valence-corrected chi connectivity index (χ2v) is 6.21. The van der Waals surface area contributed by atoms with Gasteiger partial charge in [0.1, 0.15) is 12.0 Å². The molecule has 0 radical (unpaired) electrons. The van der Waals surface area contributed by atoms with Crippen molar-refractivity contribution in [3.8, 4) is 11.3 Å². The summed E-state index contributed by atoms with van der Waals surface area (Å²) in [5.41, 5.74) is 2.53. The standard InChI is InChI=1S/C18H14Cl2N4O/c1-11(13-3-2-6-21-9-13)24-18(25)17-8-16(22-10-23-17)12-4-5-14(19)15(20)7-12/h2-11H,1H3,(H,24,25)/t11-/m1/s1. The van der Waals surface area contributed by atoms with E-state index in [-0.39, 0.29) is 17.6 Å². The van der Waals surface area contributed by atoms with E-state index in [4.69, 9.17) is 23.2 Å². The van der Waals surface area contributed by atoms with Crippen LogP contribution in [0.25, 0.3) is 11.3 Å². The van der Waals surface area contributed by atoms with Gasteiger partial charge in [-0.25, -0.2) is 9.97 Å². The molecule has 0 aliphatic carbocycles. The molecule has 126 valence electrons. The van der Waals surface area contributed by atoms with Gasteiger partial charge in [-0.3, -0.25) is 9.78 Å². The van der Waals surface area contributed by atoms with Gasteiger partial charge in [0.15, 0.2) is 0 Å². The van der Waals surface area contributed by atoms with E-state index in [9.17, 15) is 4.79 Å². The summed E-state index contributed by atoms with van der Waals surface area (Å²) in [5, 5.41) is 3.78. The third kappa shape index (κ3) is 4.13. The SMILES string of the molecule is C[C@@H](NC(=O)c1cc(-c2ccc(Cl)c(Cl)c2)ncn1)c1cccnc1. The largest absolute Gasteiger partial charge is 0.344 e. The number of aromatic nitrogens is 3. The number of nitrogens with one attached hydrogen (secondary N) is 1. The second-order valence-electron chi connectivity index (χ2n) is 5.40. The Morgan fingerprint density at radius 3 is 2.68 bits per heavy atom. The molecule has 0 saturated carbocycles. The highest BCUT2D eigenvalue weighted by molar-refractivity contribution is 6.42. The van der Waals surface area contributed by atoms with Crippen molar-refractivity contribution in [1.82, 2.24) is 20.3 Å². The molecule has 0 aliphatic heterocycles. The van der Waals surface area contributed by atoms with Crippen LogP contribution in [0, 0.1) is 0 Å². The zero-order chi connectivity index (χ0) is 17.8. The van der Waals surface area contributed by atoms with E-state index < -0.39 is 0 Å². The molecule has 1 atom stereocenters. The van der Waals surface area contributed by atoms with Crippen LogP contribution in [0.1, 0.15) is 29.0 Å². The predicted octanol–water partition coefficient (Wildman–Crippen LogP) is 4.34. The van der Waals surface area contributed by atoms with Gasteiger partial charge in [-0.05, 0) is 36.8 Å². The average Bonchev–Trinajstić information content (AvgIpc) is 2.64. The Labute approximate surface area is 155 Å². The Balaban J connectivity index is 1.81. The number of amides is 1. The summed E-state index contributed by atoms with van der Waals surface area (Å²) >= 11 is 12.0. The maximum absolute atomic E-state index is 12.5. The number of benzene rings is 1. The molecular formula is C18H14Cl2N4O. The van der Waals surface area contributed by atoms with Gasteiger partial charge in [0.25, 0.3) is 5.91 Å². The second kappa shape index (κ2) is 7.59. The Kier molecular flexibility index (Phi) is 5.26. The third-order valence-corrected chi connectivity index (χ3v) is 4.39. The molecule has 1 aromatic carbocycles. The monoisotopic (exact) mass is 372 g/mol. The smallest absolute Gasteiger partial charge is 0.270 e. The Morgan fingerprint density at radius 1 is 1.12 bits per heavy atom. The Hall–Kier alpha value is -2.50. The summed E-state index contributed by atoms with van der Waals surface area (Å²) in [6, 6.07) is 10.3. The van der Waals surface area contributed by atoms with Crippen molar-refractivity contribution in [1.29, 1.82) is 0 Å². The van der Waals surface area contributed by atoms with Crippen LogP contribution in [0.2, 0.25) is 10.0 Å². The van der Waals surface area contributed by atoms with Crippen molar-refractivity contribution in [2.75, 3.05) is 0 Å². The fourth-order valence-electron chi connectivity index (χ4n) is 2.28. The van der Waals surface area contributed by atoms with Crippen molar-refractivity contribution in [2.45, 2.75) is 13.0 Å². The topological polar surface area (TPSA) is 67.8 Å². The number of pyridine rings is 1. The summed E-state index contributed by atoms with van der Waals surface area (Å²) in [5.74, 6) is -0.292. The lowest BCUT2D eigenvalue weighted by Gasteiger charge is -2.13. The Bertz CT molecular complexity index is 903. The highest BCUT2D eigenvalue weighted by Crippen LogP contribution is 2.27. The molecule has 2 aromatic heterocycles. The van der Waals surface area contributed by atoms with Gasteiger partial charge >= 0.3 is 0 Å². The molecule has 5 nitrogen and oxygen atoms in total. The highest BCUT2D eigenvalue weighted by Gasteiger charge is 2.14. The Morgan fingerprint density at radius 2 is 1.96 bits per heavy atom. The van der Waals surface area contributed by atoms with Gasteiger partial charge in [0.2, 0.25) is 0 Å². The number of hydrogen-bond donors (Lipinski definition) is 1. The maximum atomic E-state index is 12.5. The first-order chi connectivity index (χ1) is 12.0. The van der Waals surface area contributed by atoms with Gasteiger partial charge < -0.3 is 5.32 Å². The van der Waals surface area contributed by atoms with Gasteiger partial charge in [-0.15, -0.1) is 0 Å². The zero-order valence-electron chi connectivity index (χ0n) is 13.3. The fourth-order valence-corrected chi connectivity index (χ4v) is 2.58. The minimum atomic E-state index is -0.292. The number of halogens is 2. The lowest BCUT2D eigenvalue weighted by molar-refractivity contribution is 0.0934. The van der Waals surface area contributed by atoms with Crippen molar-refractivity contribution in [3.63, 3.8) is 0 Å². The zero-order valence-corrected chi connectivity index (χ0v) is 14.8. The van der Waals surface area contributed by atoms with Crippen LogP contribution in [-0.4, -0.2) is 20.9 Å². The molecule has 25 heavy (non-hydrogen) atoms. The van der Waals surface area contributed by atoms with Crippen molar-refractivity contribution in [2.24, 2.45) is 0 Å². The molecule has 0 spiro atoms. The number of hydrogen-bond acceptors (Lipinski definition) is 4. The molecule has 3 rings (SSSR count). The molecule has 0 bridgehead atoms. The van der Waals surface area contributed by atoms with E-state index in [1.54, 1.807) is 36.7 Å². The minimum absolute atomic E-state index is 0.190. The molecule has 0 fully saturated rings. The first kappa shape index (κ1) is 17.3. The number of carbonyl (C=O) groups excluding carboxylic acids is 1. The first-order valence-corrected chi connectivity index (χ1v) is 8.28. The van der Waals surface area contributed by atoms with Crippen LogP contribution in [0.4, 0.5) is 0 Å². The number of rotatable bonds is 4. The molecule has 0 saturated heterocycles. The molecule has 1 N–H and O–H groups in total. The molecule has 1 amide bonds. The molecule has 7 heteroatoms. The van der Waals surface area contributed by atoms with E-state index in [2.05, 4.69) is 20.3 Å². The summed E-state index contributed by atoms with van der Waals surface area (Å²) < 4.78 is 0. The molecule has 0 unspecified atom stereocenters. The van der Waals surface area contributed by atoms with Crippen LogP contribution in [0.3, 0.4) is 0 Å². The fraction of sp³-hybridized carbons (Fsp3) is 0.111. The summed E-state index contributed by atoms with van der Waals surface area (Å²) in [7, 11) is 0. The molecule has 0 aliphatic rings. The first-order valence-electron chi connectivity index (χ1n) is 7.53. The van der Waals surface area contributed by atoms with E-state index in [1.807, 2.05) is 19.1 Å². The van der Waals surface area contributed by atoms with E-state index in [1.165, 1.54) is 6.33 Å². The van der Waals surface area contributed by atoms with Crippen molar-refractivity contribution < 1.29 is 4.79 Å². The maximum Gasteiger partial charge on any atom is 0.270 e. The van der Waals surface area contributed by atoms with E-state index in [0.717, 1.165) is 11.1 Å². The molecule has 3 aromatic rings. The van der Waals surface area contributed by atoms with Gasteiger partial charge in [0.05, 0.1) is 21.8 Å². The summed E-state index contributed by atoms with van der Waals surface area (Å²) in [4.78, 5) is 24.8.